The van der Waals surface area contributed by atoms with Gasteiger partial charge in [0.25, 0.3) is 11.1 Å². The lowest BCUT2D eigenvalue weighted by molar-refractivity contribution is -0.148. The van der Waals surface area contributed by atoms with Crippen LogP contribution in [0.25, 0.3) is 6.08 Å². The molecule has 0 aliphatic carbocycles. The molecule has 1 aliphatic heterocycles. The number of hydrogen-bond donors (Lipinski definition) is 0. The molecule has 1 aromatic heterocycles. The second kappa shape index (κ2) is 7.88. The van der Waals surface area contributed by atoms with Gasteiger partial charge in [-0.3, -0.25) is 14.5 Å². The molecule has 0 aromatic carbocycles. The van der Waals surface area contributed by atoms with Gasteiger partial charge in [-0.05, 0) is 50.2 Å². The summed E-state index contributed by atoms with van der Waals surface area (Å²) in [6, 6.07) is 1.01. The lowest BCUT2D eigenvalue weighted by Crippen LogP contribution is -2.42. The first-order valence-corrected chi connectivity index (χ1v) is 8.64. The van der Waals surface area contributed by atoms with Crippen LogP contribution in [0.15, 0.2) is 11.0 Å². The van der Waals surface area contributed by atoms with Gasteiger partial charge in [-0.1, -0.05) is 0 Å². The number of carbonyl (C=O) groups excluding carboxylic acids is 3. The van der Waals surface area contributed by atoms with Gasteiger partial charge in [0.15, 0.2) is 0 Å². The van der Waals surface area contributed by atoms with E-state index in [1.54, 1.807) is 13.2 Å². The highest BCUT2D eigenvalue weighted by Crippen LogP contribution is 2.34. The van der Waals surface area contributed by atoms with Gasteiger partial charge in [0.05, 0.1) is 18.6 Å². The Labute approximate surface area is 150 Å². The van der Waals surface area contributed by atoms with Gasteiger partial charge in [-0.25, -0.2) is 4.79 Å². The monoisotopic (exact) mass is 366 g/mol. The molecule has 0 radical (unpaired) electrons. The molecular weight excluding hydrogens is 344 g/mol. The molecule has 0 spiro atoms. The van der Waals surface area contributed by atoms with Crippen molar-refractivity contribution in [2.24, 2.45) is 0 Å². The topological polar surface area (TPSA) is 77.8 Å². The second-order valence-electron chi connectivity index (χ2n) is 5.72. The van der Waals surface area contributed by atoms with Crippen molar-refractivity contribution in [3.8, 4) is 0 Å². The third-order valence-corrected chi connectivity index (χ3v) is 5.06. The largest absolute Gasteiger partial charge is 0.467 e. The molecule has 0 bridgehead atoms. The number of imide groups is 1. The molecule has 8 heteroatoms. The van der Waals surface area contributed by atoms with Crippen LogP contribution in [0.1, 0.15) is 23.9 Å². The maximum atomic E-state index is 12.5. The van der Waals surface area contributed by atoms with Crippen molar-refractivity contribution >= 4 is 35.0 Å². The Kier molecular flexibility index (Phi) is 6.07. The van der Waals surface area contributed by atoms with Crippen LogP contribution in [0.3, 0.4) is 0 Å². The molecule has 1 fully saturated rings. The van der Waals surface area contributed by atoms with E-state index in [0.29, 0.717) is 18.1 Å². The maximum absolute atomic E-state index is 12.5. The normalized spacial score (nSPS) is 17.5. The number of amides is 2. The Morgan fingerprint density at radius 1 is 1.32 bits per heavy atom. The molecule has 1 aromatic rings. The smallest absolute Gasteiger partial charge is 0.328 e. The first kappa shape index (κ1) is 19.3. The molecule has 25 heavy (non-hydrogen) atoms. The molecule has 136 valence electrons. The highest BCUT2D eigenvalue weighted by atomic mass is 32.2. The predicted molar refractivity (Wildman–Crippen MR) is 95.1 cm³/mol. The second-order valence-corrected chi connectivity index (χ2v) is 6.71. The fraction of sp³-hybridized carbons (Fsp3) is 0.471. The summed E-state index contributed by atoms with van der Waals surface area (Å²) in [6.45, 7) is 6.70. The number of esters is 1. The van der Waals surface area contributed by atoms with Gasteiger partial charge < -0.3 is 14.0 Å². The SMILES string of the molecule is COCCn1c(C)cc(/C=C2\SC(=O)N([C@H](C)C(=O)OC)C2=O)c1C. The van der Waals surface area contributed by atoms with Crippen LogP contribution >= 0.6 is 11.8 Å². The zero-order valence-electron chi connectivity index (χ0n) is 15.0. The average molecular weight is 366 g/mol. The van der Waals surface area contributed by atoms with E-state index in [-0.39, 0.29) is 0 Å². The number of nitrogens with zero attached hydrogens (tertiary/aromatic N) is 2. The van der Waals surface area contributed by atoms with E-state index in [2.05, 4.69) is 9.30 Å². The van der Waals surface area contributed by atoms with E-state index in [1.165, 1.54) is 14.0 Å². The Balaban J connectivity index is 2.29. The third-order valence-electron chi connectivity index (χ3n) is 4.17. The molecule has 0 unspecified atom stereocenters. The zero-order valence-corrected chi connectivity index (χ0v) is 15.8. The Morgan fingerprint density at radius 2 is 2.00 bits per heavy atom. The average Bonchev–Trinajstić information content (AvgIpc) is 3.00. The van der Waals surface area contributed by atoms with Crippen molar-refractivity contribution in [3.63, 3.8) is 0 Å². The van der Waals surface area contributed by atoms with Gasteiger partial charge in [0, 0.05) is 25.0 Å². The van der Waals surface area contributed by atoms with Crippen molar-refractivity contribution in [2.45, 2.75) is 33.4 Å². The number of carbonyl (C=O) groups is 3. The summed E-state index contributed by atoms with van der Waals surface area (Å²) in [4.78, 5) is 37.6. The van der Waals surface area contributed by atoms with Gasteiger partial charge in [0.1, 0.15) is 6.04 Å². The van der Waals surface area contributed by atoms with Crippen LogP contribution in [0, 0.1) is 13.8 Å². The van der Waals surface area contributed by atoms with Crippen LogP contribution in [-0.4, -0.2) is 53.5 Å². The van der Waals surface area contributed by atoms with Crippen LogP contribution in [-0.2, 0) is 25.6 Å². The quantitative estimate of drug-likeness (QED) is 0.568. The summed E-state index contributed by atoms with van der Waals surface area (Å²) < 4.78 is 11.8. The molecule has 1 saturated heterocycles. The number of hydrogen-bond acceptors (Lipinski definition) is 6. The van der Waals surface area contributed by atoms with Crippen molar-refractivity contribution in [1.82, 2.24) is 9.47 Å². The van der Waals surface area contributed by atoms with Crippen molar-refractivity contribution < 1.29 is 23.9 Å². The van der Waals surface area contributed by atoms with E-state index < -0.39 is 23.2 Å². The van der Waals surface area contributed by atoms with Crippen LogP contribution < -0.4 is 0 Å². The highest BCUT2D eigenvalue weighted by Gasteiger charge is 2.41. The third kappa shape index (κ3) is 3.80. The first-order valence-electron chi connectivity index (χ1n) is 7.82. The first-order chi connectivity index (χ1) is 11.8. The molecule has 7 nitrogen and oxygen atoms in total. The van der Waals surface area contributed by atoms with Gasteiger partial charge in [-0.15, -0.1) is 0 Å². The Bertz CT molecular complexity index is 738. The van der Waals surface area contributed by atoms with Crippen LogP contribution in [0.4, 0.5) is 4.79 Å². The molecular formula is C17H22N2O5S. The standard InChI is InChI=1S/C17H22N2O5S/c1-10-8-13(11(2)18(10)6-7-23-4)9-14-15(20)19(17(22)25-14)12(3)16(21)24-5/h8-9,12H,6-7H2,1-5H3/b14-9-/t12-/m1/s1. The predicted octanol–water partition coefficient (Wildman–Crippen LogP) is 2.35. The lowest BCUT2D eigenvalue weighted by Gasteiger charge is -2.18. The van der Waals surface area contributed by atoms with Crippen molar-refractivity contribution in [3.05, 3.63) is 27.9 Å². The summed E-state index contributed by atoms with van der Waals surface area (Å²) in [5.41, 5.74) is 2.90. The van der Waals surface area contributed by atoms with E-state index in [0.717, 1.165) is 33.6 Å². The summed E-state index contributed by atoms with van der Waals surface area (Å²) in [5, 5.41) is -0.470. The van der Waals surface area contributed by atoms with Crippen LogP contribution in [0.2, 0.25) is 0 Å². The highest BCUT2D eigenvalue weighted by molar-refractivity contribution is 8.18. The number of thioether (sulfide) groups is 1. The summed E-state index contributed by atoms with van der Waals surface area (Å²) in [6.07, 6.45) is 1.69. The summed E-state index contributed by atoms with van der Waals surface area (Å²) in [5.74, 6) is -1.10. The van der Waals surface area contributed by atoms with Gasteiger partial charge in [-0.2, -0.15) is 0 Å². The number of methoxy groups -OCH3 is 2. The van der Waals surface area contributed by atoms with Gasteiger partial charge in [0.2, 0.25) is 0 Å². The van der Waals surface area contributed by atoms with E-state index in [1.807, 2.05) is 19.9 Å². The fourth-order valence-electron chi connectivity index (χ4n) is 2.73. The molecule has 1 atom stereocenters. The number of rotatable bonds is 6. The van der Waals surface area contributed by atoms with Crippen molar-refractivity contribution in [1.29, 1.82) is 0 Å². The zero-order chi connectivity index (χ0) is 18.7. The minimum atomic E-state index is -0.947. The minimum Gasteiger partial charge on any atom is -0.467 e. The Hall–Kier alpha value is -2.06. The molecule has 1 aliphatic rings. The maximum Gasteiger partial charge on any atom is 0.328 e. The number of ether oxygens (including phenoxy) is 2. The van der Waals surface area contributed by atoms with Crippen LogP contribution in [0.5, 0.6) is 0 Å². The van der Waals surface area contributed by atoms with E-state index >= 15 is 0 Å². The molecule has 0 saturated carbocycles. The number of aromatic nitrogens is 1. The molecule has 2 rings (SSSR count). The van der Waals surface area contributed by atoms with Crippen molar-refractivity contribution in [2.75, 3.05) is 20.8 Å². The Morgan fingerprint density at radius 3 is 2.60 bits per heavy atom. The fourth-order valence-corrected chi connectivity index (χ4v) is 3.63. The minimum absolute atomic E-state index is 0.299. The van der Waals surface area contributed by atoms with E-state index in [9.17, 15) is 14.4 Å². The molecule has 2 heterocycles. The summed E-state index contributed by atoms with van der Waals surface area (Å²) >= 11 is 0.831. The molecule has 0 N–H and O–H groups in total. The summed E-state index contributed by atoms with van der Waals surface area (Å²) in [7, 11) is 2.87. The number of aryl methyl sites for hydroxylation is 1. The lowest BCUT2D eigenvalue weighted by atomic mass is 10.2. The van der Waals surface area contributed by atoms with E-state index in [4.69, 9.17) is 4.74 Å². The van der Waals surface area contributed by atoms with Gasteiger partial charge >= 0.3 is 5.97 Å². The molecule has 2 amide bonds.